The fraction of sp³-hybridized carbons (Fsp3) is 0.706. The fourth-order valence-electron chi connectivity index (χ4n) is 3.45. The molecule has 3 heterocycles. The summed E-state index contributed by atoms with van der Waals surface area (Å²) in [6.07, 6.45) is 5.27. The van der Waals surface area contributed by atoms with Crippen molar-refractivity contribution in [1.29, 1.82) is 0 Å². The normalized spacial score (nSPS) is 23.6. The largest absolute Gasteiger partial charge is 0.379 e. The van der Waals surface area contributed by atoms with E-state index < -0.39 is 0 Å². The summed E-state index contributed by atoms with van der Waals surface area (Å²) >= 11 is 1.68. The first-order valence-electron chi connectivity index (χ1n) is 8.45. The Bertz CT molecular complexity index is 457. The number of ether oxygens (including phenoxy) is 1. The van der Waals surface area contributed by atoms with E-state index in [4.69, 9.17) is 4.74 Å². The molecule has 2 aliphatic rings. The van der Waals surface area contributed by atoms with Gasteiger partial charge in [-0.3, -0.25) is 9.69 Å². The molecule has 1 amide bonds. The third kappa shape index (κ3) is 4.31. The second-order valence-electron chi connectivity index (χ2n) is 6.24. The highest BCUT2D eigenvalue weighted by Crippen LogP contribution is 2.22. The Labute approximate surface area is 137 Å². The highest BCUT2D eigenvalue weighted by atomic mass is 32.1. The first-order chi connectivity index (χ1) is 10.8. The number of hydrogen-bond acceptors (Lipinski definition) is 4. The fourth-order valence-corrected chi connectivity index (χ4v) is 4.15. The van der Waals surface area contributed by atoms with Crippen LogP contribution in [0, 0.1) is 0 Å². The molecule has 122 valence electrons. The Hall–Kier alpha value is -0.910. The predicted molar refractivity (Wildman–Crippen MR) is 89.3 cm³/mol. The number of hydrogen-bond donors (Lipinski definition) is 0. The van der Waals surface area contributed by atoms with E-state index in [1.807, 2.05) is 6.07 Å². The van der Waals surface area contributed by atoms with Gasteiger partial charge in [-0.2, -0.15) is 0 Å². The number of nitrogens with zero attached hydrogens (tertiary/aromatic N) is 2. The molecule has 5 heteroatoms. The second-order valence-corrected chi connectivity index (χ2v) is 7.27. The molecule has 4 nitrogen and oxygen atoms in total. The molecule has 0 unspecified atom stereocenters. The Morgan fingerprint density at radius 2 is 2.14 bits per heavy atom. The topological polar surface area (TPSA) is 32.8 Å². The van der Waals surface area contributed by atoms with Crippen molar-refractivity contribution >= 4 is 17.2 Å². The number of carbonyl (C=O) groups is 1. The molecule has 1 aromatic heterocycles. The Balaban J connectivity index is 1.52. The van der Waals surface area contributed by atoms with Gasteiger partial charge in [0, 0.05) is 37.1 Å². The zero-order chi connectivity index (χ0) is 15.2. The van der Waals surface area contributed by atoms with Gasteiger partial charge >= 0.3 is 0 Å². The number of carbonyl (C=O) groups excluding carboxylic acids is 1. The van der Waals surface area contributed by atoms with Gasteiger partial charge < -0.3 is 9.64 Å². The quantitative estimate of drug-likeness (QED) is 0.834. The van der Waals surface area contributed by atoms with Crippen LogP contribution in [0.25, 0.3) is 0 Å². The van der Waals surface area contributed by atoms with Crippen molar-refractivity contribution < 1.29 is 9.53 Å². The molecular weight excluding hydrogens is 296 g/mol. The van der Waals surface area contributed by atoms with Crippen LogP contribution >= 0.6 is 11.3 Å². The summed E-state index contributed by atoms with van der Waals surface area (Å²) in [4.78, 5) is 18.4. The average molecular weight is 322 g/mol. The van der Waals surface area contributed by atoms with Crippen molar-refractivity contribution in [3.8, 4) is 0 Å². The van der Waals surface area contributed by atoms with Crippen LogP contribution in [-0.4, -0.2) is 61.1 Å². The van der Waals surface area contributed by atoms with Crippen LogP contribution in [0.4, 0.5) is 0 Å². The summed E-state index contributed by atoms with van der Waals surface area (Å²) in [7, 11) is 0. The van der Waals surface area contributed by atoms with E-state index in [-0.39, 0.29) is 0 Å². The molecular formula is C17H26N2O2S. The lowest BCUT2D eigenvalue weighted by Crippen LogP contribution is -2.46. The number of amides is 1. The van der Waals surface area contributed by atoms with E-state index >= 15 is 0 Å². The van der Waals surface area contributed by atoms with Crippen molar-refractivity contribution in [2.75, 3.05) is 39.4 Å². The monoisotopic (exact) mass is 322 g/mol. The molecule has 22 heavy (non-hydrogen) atoms. The van der Waals surface area contributed by atoms with Crippen LogP contribution in [0.3, 0.4) is 0 Å². The maximum atomic E-state index is 12.6. The van der Waals surface area contributed by atoms with E-state index in [0.29, 0.717) is 18.4 Å². The van der Waals surface area contributed by atoms with E-state index in [0.717, 1.165) is 52.2 Å². The van der Waals surface area contributed by atoms with Crippen molar-refractivity contribution in [3.63, 3.8) is 0 Å². The highest BCUT2D eigenvalue weighted by Gasteiger charge is 2.27. The van der Waals surface area contributed by atoms with Crippen molar-refractivity contribution in [2.45, 2.75) is 38.1 Å². The van der Waals surface area contributed by atoms with E-state index in [2.05, 4.69) is 21.2 Å². The van der Waals surface area contributed by atoms with Gasteiger partial charge in [-0.1, -0.05) is 6.07 Å². The molecule has 2 saturated heterocycles. The molecule has 0 saturated carbocycles. The molecule has 1 aromatic rings. The first kappa shape index (κ1) is 16.0. The maximum absolute atomic E-state index is 12.6. The Morgan fingerprint density at radius 3 is 2.91 bits per heavy atom. The number of likely N-dealkylation sites (tertiary alicyclic amines) is 1. The molecule has 0 radical (unpaired) electrons. The molecule has 0 spiro atoms. The minimum absolute atomic E-state index is 0.314. The van der Waals surface area contributed by atoms with Crippen LogP contribution < -0.4 is 0 Å². The third-order valence-corrected chi connectivity index (χ3v) is 5.61. The Kier molecular flexibility index (Phi) is 5.87. The lowest BCUT2D eigenvalue weighted by atomic mass is 9.98. The number of piperidine rings is 1. The van der Waals surface area contributed by atoms with Gasteiger partial charge in [0.05, 0.1) is 19.6 Å². The number of thiophene rings is 1. The average Bonchev–Trinajstić information content (AvgIpc) is 3.07. The summed E-state index contributed by atoms with van der Waals surface area (Å²) in [5, 5.41) is 2.05. The lowest BCUT2D eigenvalue weighted by Gasteiger charge is -2.37. The smallest absolute Gasteiger partial charge is 0.228 e. The van der Waals surface area contributed by atoms with Crippen LogP contribution in [-0.2, 0) is 16.0 Å². The van der Waals surface area contributed by atoms with E-state index in [1.165, 1.54) is 17.7 Å². The maximum Gasteiger partial charge on any atom is 0.228 e. The van der Waals surface area contributed by atoms with Crippen LogP contribution in [0.2, 0.25) is 0 Å². The zero-order valence-electron chi connectivity index (χ0n) is 13.2. The lowest BCUT2D eigenvalue weighted by molar-refractivity contribution is -0.134. The van der Waals surface area contributed by atoms with Gasteiger partial charge in [0.2, 0.25) is 5.91 Å². The van der Waals surface area contributed by atoms with Gasteiger partial charge in [0.25, 0.3) is 0 Å². The highest BCUT2D eigenvalue weighted by molar-refractivity contribution is 7.10. The molecule has 0 aliphatic carbocycles. The van der Waals surface area contributed by atoms with Gasteiger partial charge in [0.15, 0.2) is 0 Å². The summed E-state index contributed by atoms with van der Waals surface area (Å²) in [6.45, 7) is 5.82. The molecule has 0 bridgehead atoms. The molecule has 2 fully saturated rings. The number of rotatable bonds is 5. The molecule has 3 rings (SSSR count). The van der Waals surface area contributed by atoms with Gasteiger partial charge in [-0.05, 0) is 37.1 Å². The second kappa shape index (κ2) is 8.09. The summed E-state index contributed by atoms with van der Waals surface area (Å²) in [5.74, 6) is 0.314. The molecule has 0 aromatic carbocycles. The van der Waals surface area contributed by atoms with Crippen molar-refractivity contribution in [3.05, 3.63) is 22.4 Å². The van der Waals surface area contributed by atoms with Crippen LogP contribution in [0.15, 0.2) is 17.5 Å². The first-order valence-corrected chi connectivity index (χ1v) is 9.33. The van der Waals surface area contributed by atoms with Crippen LogP contribution in [0.1, 0.15) is 30.6 Å². The minimum atomic E-state index is 0.314. The number of morpholine rings is 1. The van der Waals surface area contributed by atoms with E-state index in [9.17, 15) is 4.79 Å². The summed E-state index contributed by atoms with van der Waals surface area (Å²) < 4.78 is 5.40. The van der Waals surface area contributed by atoms with Crippen LogP contribution in [0.5, 0.6) is 0 Å². The molecule has 1 atom stereocenters. The van der Waals surface area contributed by atoms with Gasteiger partial charge in [0.1, 0.15) is 0 Å². The molecule has 0 N–H and O–H groups in total. The van der Waals surface area contributed by atoms with Gasteiger partial charge in [-0.15, -0.1) is 11.3 Å². The summed E-state index contributed by atoms with van der Waals surface area (Å²) in [5.41, 5.74) is 0. The molecule has 2 aliphatic heterocycles. The van der Waals surface area contributed by atoms with E-state index in [1.54, 1.807) is 11.3 Å². The minimum Gasteiger partial charge on any atom is -0.379 e. The predicted octanol–water partition coefficient (Wildman–Crippen LogP) is 2.39. The third-order valence-electron chi connectivity index (χ3n) is 4.74. The Morgan fingerprint density at radius 1 is 1.27 bits per heavy atom. The standard InChI is InChI=1S/C17H26N2O2S/c20-17(14-16-5-3-13-22-16)19-7-2-1-4-15(19)6-8-18-9-11-21-12-10-18/h3,5,13,15H,1-2,4,6-12,14H2/t15-/m0/s1. The SMILES string of the molecule is O=C(Cc1cccs1)N1CCCC[C@H]1CCN1CCOCC1. The van der Waals surface area contributed by atoms with Crippen molar-refractivity contribution in [1.82, 2.24) is 9.80 Å². The zero-order valence-corrected chi connectivity index (χ0v) is 14.0. The summed E-state index contributed by atoms with van der Waals surface area (Å²) in [6, 6.07) is 4.53. The van der Waals surface area contributed by atoms with Gasteiger partial charge in [-0.25, -0.2) is 0 Å². The van der Waals surface area contributed by atoms with Crippen molar-refractivity contribution in [2.24, 2.45) is 0 Å².